The van der Waals surface area contributed by atoms with E-state index >= 15 is 0 Å². The number of hydrogen-bond donors (Lipinski definition) is 1. The largest absolute Gasteiger partial charge is 0.316 e. The van der Waals surface area contributed by atoms with Gasteiger partial charge in [-0.15, -0.1) is 0 Å². The Balaban J connectivity index is 1.55. The van der Waals surface area contributed by atoms with Gasteiger partial charge in [0, 0.05) is 6.54 Å². The Labute approximate surface area is 108 Å². The number of carbonyl (C=O) groups excluding carboxylic acids is 2. The maximum atomic E-state index is 12.1. The molecule has 3 fully saturated rings. The van der Waals surface area contributed by atoms with Gasteiger partial charge in [0.2, 0.25) is 11.8 Å². The third-order valence-electron chi connectivity index (χ3n) is 5.05. The molecule has 0 spiro atoms. The molecule has 1 saturated carbocycles. The fourth-order valence-corrected chi connectivity index (χ4v) is 3.71. The molecule has 1 N–H and O–H groups in total. The highest BCUT2D eigenvalue weighted by Gasteiger charge is 2.72. The molecule has 0 aromatic carbocycles. The van der Waals surface area contributed by atoms with Gasteiger partial charge in [-0.25, -0.2) is 0 Å². The van der Waals surface area contributed by atoms with E-state index in [0.717, 1.165) is 19.5 Å². The van der Waals surface area contributed by atoms with Crippen LogP contribution in [0.15, 0.2) is 0 Å². The highest BCUT2D eigenvalue weighted by molar-refractivity contribution is 6.10. The summed E-state index contributed by atoms with van der Waals surface area (Å²) >= 11 is 0. The number of rotatable bonds is 3. The Morgan fingerprint density at radius 3 is 2.50 bits per heavy atom. The second-order valence-electron chi connectivity index (χ2n) is 6.61. The SMILES string of the molecule is CC1(C)C2C(=O)N(CCC3CCCNC3)C(=O)C21. The van der Waals surface area contributed by atoms with E-state index in [1.165, 1.54) is 17.7 Å². The number of carbonyl (C=O) groups is 2. The highest BCUT2D eigenvalue weighted by Crippen LogP contribution is 2.63. The van der Waals surface area contributed by atoms with Gasteiger partial charge in [-0.3, -0.25) is 14.5 Å². The minimum atomic E-state index is -0.0724. The van der Waals surface area contributed by atoms with Crippen molar-refractivity contribution < 1.29 is 9.59 Å². The first-order valence-electron chi connectivity index (χ1n) is 7.09. The Hall–Kier alpha value is -0.900. The first kappa shape index (κ1) is 12.2. The van der Waals surface area contributed by atoms with Crippen LogP contribution in [0.2, 0.25) is 0 Å². The molecule has 0 radical (unpaired) electrons. The number of nitrogens with one attached hydrogen (secondary N) is 1. The average molecular weight is 250 g/mol. The van der Waals surface area contributed by atoms with E-state index in [0.29, 0.717) is 12.5 Å². The Morgan fingerprint density at radius 1 is 1.28 bits per heavy atom. The molecular weight excluding hydrogens is 228 g/mol. The van der Waals surface area contributed by atoms with Crippen molar-refractivity contribution in [2.45, 2.75) is 33.1 Å². The van der Waals surface area contributed by atoms with E-state index in [1.54, 1.807) is 0 Å². The van der Waals surface area contributed by atoms with Crippen LogP contribution in [0.3, 0.4) is 0 Å². The Kier molecular flexibility index (Phi) is 2.73. The standard InChI is InChI=1S/C14H22N2O2/c1-14(2)10-11(14)13(18)16(12(10)17)7-5-9-4-3-6-15-8-9/h9-11,15H,3-8H2,1-2H3. The van der Waals surface area contributed by atoms with Crippen molar-refractivity contribution in [1.82, 2.24) is 10.2 Å². The quantitative estimate of drug-likeness (QED) is 0.761. The summed E-state index contributed by atoms with van der Waals surface area (Å²) in [5, 5.41) is 3.37. The van der Waals surface area contributed by atoms with E-state index in [4.69, 9.17) is 0 Å². The fraction of sp³-hybridized carbons (Fsp3) is 0.857. The molecule has 2 amide bonds. The number of fused-ring (bicyclic) bond motifs is 1. The summed E-state index contributed by atoms with van der Waals surface area (Å²) in [5.41, 5.74) is -0.0724. The molecule has 18 heavy (non-hydrogen) atoms. The van der Waals surface area contributed by atoms with Gasteiger partial charge in [-0.1, -0.05) is 13.8 Å². The molecule has 2 saturated heterocycles. The van der Waals surface area contributed by atoms with Gasteiger partial charge in [0.15, 0.2) is 0 Å². The zero-order valence-corrected chi connectivity index (χ0v) is 11.2. The fourth-order valence-electron chi connectivity index (χ4n) is 3.71. The molecule has 1 aliphatic carbocycles. The molecule has 0 aromatic heterocycles. The maximum Gasteiger partial charge on any atom is 0.233 e. The van der Waals surface area contributed by atoms with E-state index in [1.807, 2.05) is 13.8 Å². The van der Waals surface area contributed by atoms with Crippen molar-refractivity contribution in [3.63, 3.8) is 0 Å². The van der Waals surface area contributed by atoms with Gasteiger partial charge in [0.05, 0.1) is 11.8 Å². The van der Waals surface area contributed by atoms with Crippen LogP contribution in [-0.2, 0) is 9.59 Å². The van der Waals surface area contributed by atoms with Gasteiger partial charge in [0.25, 0.3) is 0 Å². The van der Waals surface area contributed by atoms with Crippen LogP contribution in [-0.4, -0.2) is 36.3 Å². The smallest absolute Gasteiger partial charge is 0.233 e. The first-order chi connectivity index (χ1) is 8.53. The molecule has 4 heteroatoms. The minimum absolute atomic E-state index is 0.0190. The number of hydrogen-bond acceptors (Lipinski definition) is 3. The van der Waals surface area contributed by atoms with Crippen LogP contribution < -0.4 is 5.32 Å². The van der Waals surface area contributed by atoms with Crippen molar-refractivity contribution in [1.29, 1.82) is 0 Å². The van der Waals surface area contributed by atoms with Crippen LogP contribution in [0.1, 0.15) is 33.1 Å². The molecule has 3 rings (SSSR count). The van der Waals surface area contributed by atoms with Crippen LogP contribution in [0.5, 0.6) is 0 Å². The lowest BCUT2D eigenvalue weighted by Crippen LogP contribution is -2.39. The summed E-state index contributed by atoms with van der Waals surface area (Å²) in [7, 11) is 0. The lowest BCUT2D eigenvalue weighted by Gasteiger charge is -2.26. The van der Waals surface area contributed by atoms with Crippen molar-refractivity contribution in [3.05, 3.63) is 0 Å². The molecule has 0 aromatic rings. The second kappa shape index (κ2) is 4.05. The predicted molar refractivity (Wildman–Crippen MR) is 67.7 cm³/mol. The summed E-state index contributed by atoms with van der Waals surface area (Å²) in [6.07, 6.45) is 3.40. The van der Waals surface area contributed by atoms with Gasteiger partial charge in [0.1, 0.15) is 0 Å². The topological polar surface area (TPSA) is 49.4 Å². The van der Waals surface area contributed by atoms with E-state index < -0.39 is 0 Å². The van der Waals surface area contributed by atoms with Crippen molar-refractivity contribution >= 4 is 11.8 Å². The molecule has 3 aliphatic rings. The summed E-state index contributed by atoms with van der Waals surface area (Å²) in [4.78, 5) is 25.8. The number of likely N-dealkylation sites (tertiary alicyclic amines) is 1. The maximum absolute atomic E-state index is 12.1. The normalized spacial score (nSPS) is 37.9. The second-order valence-corrected chi connectivity index (χ2v) is 6.61. The molecule has 3 unspecified atom stereocenters. The lowest BCUT2D eigenvalue weighted by molar-refractivity contribution is -0.143. The molecular formula is C14H22N2O2. The third kappa shape index (κ3) is 1.69. The summed E-state index contributed by atoms with van der Waals surface area (Å²) in [6, 6.07) is 0. The van der Waals surface area contributed by atoms with Crippen molar-refractivity contribution in [2.24, 2.45) is 23.2 Å². The van der Waals surface area contributed by atoms with Crippen LogP contribution >= 0.6 is 0 Å². The van der Waals surface area contributed by atoms with Crippen molar-refractivity contribution in [2.75, 3.05) is 19.6 Å². The molecule has 2 aliphatic heterocycles. The molecule has 4 nitrogen and oxygen atoms in total. The molecule has 3 atom stereocenters. The Bertz CT molecular complexity index is 361. The molecule has 100 valence electrons. The number of imide groups is 1. The summed E-state index contributed by atoms with van der Waals surface area (Å²) in [6.45, 7) is 6.83. The predicted octanol–water partition coefficient (Wildman–Crippen LogP) is 1.02. The highest BCUT2D eigenvalue weighted by atomic mass is 16.2. The van der Waals surface area contributed by atoms with Crippen LogP contribution in [0.4, 0.5) is 0 Å². The number of piperidine rings is 2. The summed E-state index contributed by atoms with van der Waals surface area (Å²) < 4.78 is 0. The Morgan fingerprint density at radius 2 is 1.94 bits per heavy atom. The van der Waals surface area contributed by atoms with E-state index in [-0.39, 0.29) is 29.1 Å². The van der Waals surface area contributed by atoms with Gasteiger partial charge >= 0.3 is 0 Å². The number of amides is 2. The first-order valence-corrected chi connectivity index (χ1v) is 7.09. The van der Waals surface area contributed by atoms with E-state index in [9.17, 15) is 9.59 Å². The third-order valence-corrected chi connectivity index (χ3v) is 5.05. The van der Waals surface area contributed by atoms with Crippen LogP contribution in [0.25, 0.3) is 0 Å². The molecule has 2 heterocycles. The van der Waals surface area contributed by atoms with Gasteiger partial charge in [-0.05, 0) is 43.7 Å². The zero-order valence-electron chi connectivity index (χ0n) is 11.2. The number of nitrogens with zero attached hydrogens (tertiary/aromatic N) is 1. The van der Waals surface area contributed by atoms with Gasteiger partial charge < -0.3 is 5.32 Å². The monoisotopic (exact) mass is 250 g/mol. The van der Waals surface area contributed by atoms with E-state index in [2.05, 4.69) is 5.32 Å². The van der Waals surface area contributed by atoms with Crippen molar-refractivity contribution in [3.8, 4) is 0 Å². The zero-order chi connectivity index (χ0) is 12.9. The lowest BCUT2D eigenvalue weighted by atomic mass is 9.96. The minimum Gasteiger partial charge on any atom is -0.316 e. The average Bonchev–Trinajstić information content (AvgIpc) is 2.81. The molecule has 0 bridgehead atoms. The van der Waals surface area contributed by atoms with Crippen LogP contribution in [0, 0.1) is 23.2 Å². The van der Waals surface area contributed by atoms with Gasteiger partial charge in [-0.2, -0.15) is 0 Å². The summed E-state index contributed by atoms with van der Waals surface area (Å²) in [5.74, 6) is 0.755.